The van der Waals surface area contributed by atoms with Crippen LogP contribution in [0.15, 0.2) is 12.1 Å². The molecule has 0 spiro atoms. The lowest BCUT2D eigenvalue weighted by Crippen LogP contribution is -2.38. The number of halogens is 2. The number of hydrogen-bond acceptors (Lipinski definition) is 3. The van der Waals surface area contributed by atoms with Crippen LogP contribution in [0.1, 0.15) is 40.0 Å². The van der Waals surface area contributed by atoms with Crippen LogP contribution in [0.5, 0.6) is 0 Å². The third-order valence-electron chi connectivity index (χ3n) is 4.08. The summed E-state index contributed by atoms with van der Waals surface area (Å²) in [6, 6.07) is 0.896. The maximum Gasteiger partial charge on any atom is 0.306 e. The number of amides is 2. The van der Waals surface area contributed by atoms with Gasteiger partial charge in [-0.15, -0.1) is 0 Å². The van der Waals surface area contributed by atoms with Gasteiger partial charge in [-0.1, -0.05) is 0 Å². The van der Waals surface area contributed by atoms with Crippen molar-refractivity contribution in [3.63, 3.8) is 0 Å². The Balaban J connectivity index is 1.92. The van der Waals surface area contributed by atoms with Crippen molar-refractivity contribution in [1.82, 2.24) is 4.90 Å². The van der Waals surface area contributed by atoms with Gasteiger partial charge in [0.1, 0.15) is 0 Å². The number of fused-ring (bicyclic) bond motifs is 1. The van der Waals surface area contributed by atoms with Crippen molar-refractivity contribution < 1.29 is 28.3 Å². The smallest absolute Gasteiger partial charge is 0.306 e. The maximum absolute atomic E-state index is 13.2. The van der Waals surface area contributed by atoms with E-state index >= 15 is 0 Å². The molecule has 1 aromatic rings. The molecule has 1 saturated carbocycles. The van der Waals surface area contributed by atoms with E-state index in [2.05, 4.69) is 0 Å². The molecule has 110 valence electrons. The highest BCUT2D eigenvalue weighted by molar-refractivity contribution is 6.21. The summed E-state index contributed by atoms with van der Waals surface area (Å²) in [6.45, 7) is 0. The lowest BCUT2D eigenvalue weighted by atomic mass is 10.1. The van der Waals surface area contributed by atoms with Crippen molar-refractivity contribution in [2.45, 2.75) is 25.3 Å². The number of carboxylic acids is 1. The number of carbonyl (C=O) groups excluding carboxylic acids is 2. The van der Waals surface area contributed by atoms with E-state index in [0.717, 1.165) is 4.90 Å². The van der Waals surface area contributed by atoms with Gasteiger partial charge in [0, 0.05) is 6.04 Å². The largest absolute Gasteiger partial charge is 0.481 e. The molecular weight excluding hydrogens is 284 g/mol. The molecule has 2 aliphatic rings. The Hall–Kier alpha value is -2.31. The second-order valence-electron chi connectivity index (χ2n) is 5.29. The van der Waals surface area contributed by atoms with Crippen molar-refractivity contribution in [3.8, 4) is 0 Å². The lowest BCUT2D eigenvalue weighted by molar-refractivity contribution is -0.141. The van der Waals surface area contributed by atoms with Crippen molar-refractivity contribution >= 4 is 17.8 Å². The molecule has 5 nitrogen and oxygen atoms in total. The molecule has 1 heterocycles. The second kappa shape index (κ2) is 4.61. The molecule has 0 saturated heterocycles. The molecule has 2 atom stereocenters. The molecule has 21 heavy (non-hydrogen) atoms. The van der Waals surface area contributed by atoms with Gasteiger partial charge in [0.25, 0.3) is 11.8 Å². The topological polar surface area (TPSA) is 74.7 Å². The van der Waals surface area contributed by atoms with Gasteiger partial charge in [-0.3, -0.25) is 19.3 Å². The zero-order valence-electron chi connectivity index (χ0n) is 10.8. The highest BCUT2D eigenvalue weighted by Crippen LogP contribution is 2.35. The van der Waals surface area contributed by atoms with Gasteiger partial charge in [-0.25, -0.2) is 8.78 Å². The number of hydrogen-bond donors (Lipinski definition) is 1. The Bertz CT molecular complexity index is 632. The second-order valence-corrected chi connectivity index (χ2v) is 5.29. The van der Waals surface area contributed by atoms with Crippen LogP contribution in [0.3, 0.4) is 0 Å². The zero-order valence-corrected chi connectivity index (χ0v) is 10.8. The average Bonchev–Trinajstić information content (AvgIpc) is 2.98. The Labute approximate surface area is 118 Å². The molecule has 1 N–H and O–H groups in total. The molecule has 1 fully saturated rings. The average molecular weight is 295 g/mol. The van der Waals surface area contributed by atoms with Gasteiger partial charge >= 0.3 is 5.97 Å². The van der Waals surface area contributed by atoms with Gasteiger partial charge in [0.2, 0.25) is 0 Å². The van der Waals surface area contributed by atoms with Crippen molar-refractivity contribution in [2.75, 3.05) is 0 Å². The van der Waals surface area contributed by atoms with E-state index in [0.29, 0.717) is 25.0 Å². The summed E-state index contributed by atoms with van der Waals surface area (Å²) >= 11 is 0. The number of rotatable bonds is 2. The predicted molar refractivity (Wildman–Crippen MR) is 65.6 cm³/mol. The number of carbonyl (C=O) groups is 3. The van der Waals surface area contributed by atoms with Crippen LogP contribution < -0.4 is 0 Å². The van der Waals surface area contributed by atoms with Gasteiger partial charge in [0.05, 0.1) is 17.0 Å². The predicted octanol–water partition coefficient (Wildman–Crippen LogP) is 1.81. The summed E-state index contributed by atoms with van der Waals surface area (Å²) in [4.78, 5) is 36.3. The monoisotopic (exact) mass is 295 g/mol. The number of imide groups is 1. The minimum atomic E-state index is -1.19. The van der Waals surface area contributed by atoms with Crippen LogP contribution >= 0.6 is 0 Å². The first kappa shape index (κ1) is 13.7. The highest BCUT2D eigenvalue weighted by atomic mass is 19.2. The minimum absolute atomic E-state index is 0.169. The summed E-state index contributed by atoms with van der Waals surface area (Å²) in [5, 5.41) is 8.96. The van der Waals surface area contributed by atoms with E-state index in [-0.39, 0.29) is 17.5 Å². The summed E-state index contributed by atoms with van der Waals surface area (Å²) in [6.07, 6.45) is 0.926. The zero-order chi connectivity index (χ0) is 15.3. The lowest BCUT2D eigenvalue weighted by Gasteiger charge is -2.21. The van der Waals surface area contributed by atoms with Crippen LogP contribution in [0.2, 0.25) is 0 Å². The third kappa shape index (κ3) is 2.00. The number of benzene rings is 1. The molecule has 0 aromatic heterocycles. The molecule has 1 aromatic carbocycles. The summed E-state index contributed by atoms with van der Waals surface area (Å²) in [5.74, 6) is -5.33. The fraction of sp³-hybridized carbons (Fsp3) is 0.357. The van der Waals surface area contributed by atoms with E-state index < -0.39 is 41.4 Å². The van der Waals surface area contributed by atoms with Crippen molar-refractivity contribution in [3.05, 3.63) is 34.9 Å². The minimum Gasteiger partial charge on any atom is -0.481 e. The van der Waals surface area contributed by atoms with Crippen LogP contribution in [0.4, 0.5) is 8.78 Å². The quantitative estimate of drug-likeness (QED) is 0.844. The molecule has 0 bridgehead atoms. The SMILES string of the molecule is O=C(O)C1CCC(N2C(=O)c3cc(F)c(F)cc3C2=O)C1. The fourth-order valence-electron chi connectivity index (χ4n) is 3.00. The van der Waals surface area contributed by atoms with Gasteiger partial charge < -0.3 is 5.11 Å². The standard InChI is InChI=1S/C14H11F2NO4/c15-10-4-8-9(5-11(10)16)13(19)17(12(8)18)7-2-1-6(3-7)14(20)21/h4-7H,1-3H2,(H,20,21). The van der Waals surface area contributed by atoms with Crippen molar-refractivity contribution in [2.24, 2.45) is 5.92 Å². The molecule has 7 heteroatoms. The first-order chi connectivity index (χ1) is 9.90. The first-order valence-corrected chi connectivity index (χ1v) is 6.50. The number of carboxylic acid groups (broad SMARTS) is 1. The molecular formula is C14H11F2NO4. The Kier molecular flexibility index (Phi) is 3.00. The van der Waals surface area contributed by atoms with Crippen LogP contribution in [0.25, 0.3) is 0 Å². The van der Waals surface area contributed by atoms with Crippen LogP contribution in [0, 0.1) is 17.6 Å². The van der Waals surface area contributed by atoms with E-state index in [1.165, 1.54) is 0 Å². The molecule has 2 amide bonds. The van der Waals surface area contributed by atoms with Crippen molar-refractivity contribution in [1.29, 1.82) is 0 Å². The van der Waals surface area contributed by atoms with Crippen LogP contribution in [-0.2, 0) is 4.79 Å². The molecule has 2 unspecified atom stereocenters. The Morgan fingerprint density at radius 1 is 1.10 bits per heavy atom. The van der Waals surface area contributed by atoms with E-state index in [4.69, 9.17) is 5.11 Å². The van der Waals surface area contributed by atoms with Gasteiger partial charge in [0.15, 0.2) is 11.6 Å². The molecule has 1 aliphatic heterocycles. The summed E-state index contributed by atoms with van der Waals surface area (Å²) in [7, 11) is 0. The normalized spacial score (nSPS) is 24.6. The van der Waals surface area contributed by atoms with E-state index in [9.17, 15) is 23.2 Å². The van der Waals surface area contributed by atoms with E-state index in [1.54, 1.807) is 0 Å². The highest BCUT2D eigenvalue weighted by Gasteiger charge is 2.44. The summed E-state index contributed by atoms with van der Waals surface area (Å²) in [5.41, 5.74) is -0.338. The summed E-state index contributed by atoms with van der Waals surface area (Å²) < 4.78 is 26.4. The maximum atomic E-state index is 13.2. The van der Waals surface area contributed by atoms with Crippen LogP contribution in [-0.4, -0.2) is 33.8 Å². The first-order valence-electron chi connectivity index (χ1n) is 6.50. The third-order valence-corrected chi connectivity index (χ3v) is 4.08. The Morgan fingerprint density at radius 3 is 2.05 bits per heavy atom. The van der Waals surface area contributed by atoms with Gasteiger partial charge in [-0.2, -0.15) is 0 Å². The van der Waals surface area contributed by atoms with Gasteiger partial charge in [-0.05, 0) is 31.4 Å². The molecule has 3 rings (SSSR count). The Morgan fingerprint density at radius 2 is 1.62 bits per heavy atom. The molecule has 0 radical (unpaired) electrons. The fourth-order valence-corrected chi connectivity index (χ4v) is 3.00. The number of nitrogens with zero attached hydrogens (tertiary/aromatic N) is 1. The van der Waals surface area contributed by atoms with E-state index in [1.807, 2.05) is 0 Å². The molecule has 1 aliphatic carbocycles. The number of aliphatic carboxylic acids is 1.